The Morgan fingerprint density at radius 3 is 2.54 bits per heavy atom. The lowest BCUT2D eigenvalue weighted by atomic mass is 10.2. The maximum Gasteiger partial charge on any atom is 0.255 e. The highest BCUT2D eigenvalue weighted by molar-refractivity contribution is 7.09. The number of carbonyl (C=O) groups excluding carboxylic acids is 1. The molecular formula is C19H17NO3S. The molecule has 0 fully saturated rings. The number of anilines is 1. The molecule has 24 heavy (non-hydrogen) atoms. The highest BCUT2D eigenvalue weighted by Crippen LogP contribution is 2.24. The van der Waals surface area contributed by atoms with E-state index in [1.807, 2.05) is 29.6 Å². The average Bonchev–Trinajstić information content (AvgIpc) is 3.14. The number of methoxy groups -OCH3 is 1. The molecule has 122 valence electrons. The number of hydrogen-bond donors (Lipinski definition) is 1. The molecule has 0 aliphatic rings. The van der Waals surface area contributed by atoms with Crippen molar-refractivity contribution in [2.45, 2.75) is 6.61 Å². The molecule has 0 radical (unpaired) electrons. The molecule has 1 heterocycles. The Morgan fingerprint density at radius 2 is 1.83 bits per heavy atom. The van der Waals surface area contributed by atoms with Gasteiger partial charge in [-0.1, -0.05) is 18.2 Å². The molecule has 0 atom stereocenters. The van der Waals surface area contributed by atoms with Crippen LogP contribution in [-0.2, 0) is 6.61 Å². The summed E-state index contributed by atoms with van der Waals surface area (Å²) in [4.78, 5) is 13.5. The number of amides is 1. The van der Waals surface area contributed by atoms with E-state index in [1.165, 1.54) is 0 Å². The summed E-state index contributed by atoms with van der Waals surface area (Å²) in [5.41, 5.74) is 1.20. The number of hydrogen-bond acceptors (Lipinski definition) is 4. The summed E-state index contributed by atoms with van der Waals surface area (Å²) in [6.07, 6.45) is 0. The monoisotopic (exact) mass is 339 g/mol. The Morgan fingerprint density at radius 1 is 1.04 bits per heavy atom. The predicted molar refractivity (Wildman–Crippen MR) is 96.0 cm³/mol. The molecule has 3 aromatic rings. The highest BCUT2D eigenvalue weighted by Gasteiger charge is 2.09. The van der Waals surface area contributed by atoms with E-state index in [2.05, 4.69) is 5.32 Å². The number of ether oxygens (including phenoxy) is 2. The second-order valence-corrected chi connectivity index (χ2v) is 6.08. The molecule has 0 saturated carbocycles. The maximum absolute atomic E-state index is 12.3. The molecule has 0 spiro atoms. The van der Waals surface area contributed by atoms with Gasteiger partial charge in [0, 0.05) is 10.4 Å². The topological polar surface area (TPSA) is 47.6 Å². The zero-order valence-corrected chi connectivity index (χ0v) is 14.0. The lowest BCUT2D eigenvalue weighted by Crippen LogP contribution is -2.12. The number of thiophene rings is 1. The average molecular weight is 339 g/mol. The van der Waals surface area contributed by atoms with Gasteiger partial charge < -0.3 is 14.8 Å². The fourth-order valence-corrected chi connectivity index (χ4v) is 2.81. The van der Waals surface area contributed by atoms with Gasteiger partial charge in [0.15, 0.2) is 0 Å². The third-order valence-corrected chi connectivity index (χ3v) is 4.28. The first kappa shape index (κ1) is 16.1. The van der Waals surface area contributed by atoms with Gasteiger partial charge in [0.1, 0.15) is 18.1 Å². The van der Waals surface area contributed by atoms with Gasteiger partial charge in [-0.05, 0) is 47.8 Å². The Labute approximate surface area is 144 Å². The van der Waals surface area contributed by atoms with Crippen molar-refractivity contribution < 1.29 is 14.3 Å². The van der Waals surface area contributed by atoms with Crippen LogP contribution in [0, 0.1) is 0 Å². The molecule has 5 heteroatoms. The molecule has 2 aromatic carbocycles. The molecular weight excluding hydrogens is 322 g/mol. The van der Waals surface area contributed by atoms with Crippen molar-refractivity contribution in [3.05, 3.63) is 76.5 Å². The van der Waals surface area contributed by atoms with Crippen molar-refractivity contribution in [3.63, 3.8) is 0 Å². The minimum absolute atomic E-state index is 0.190. The highest BCUT2D eigenvalue weighted by atomic mass is 32.1. The molecule has 0 saturated heterocycles. The van der Waals surface area contributed by atoms with E-state index < -0.39 is 0 Å². The minimum Gasteiger partial charge on any atom is -0.495 e. The van der Waals surface area contributed by atoms with Crippen molar-refractivity contribution in [2.24, 2.45) is 0 Å². The molecule has 3 rings (SSSR count). The van der Waals surface area contributed by atoms with Gasteiger partial charge in [0.25, 0.3) is 5.91 Å². The van der Waals surface area contributed by atoms with Gasteiger partial charge in [-0.25, -0.2) is 0 Å². The zero-order valence-electron chi connectivity index (χ0n) is 13.2. The van der Waals surface area contributed by atoms with Crippen molar-refractivity contribution in [2.75, 3.05) is 12.4 Å². The quantitative estimate of drug-likeness (QED) is 0.714. The SMILES string of the molecule is COc1ccccc1NC(=O)c1ccc(OCc2cccs2)cc1. The van der Waals surface area contributed by atoms with Crippen LogP contribution in [0.25, 0.3) is 0 Å². The maximum atomic E-state index is 12.3. The molecule has 1 N–H and O–H groups in total. The minimum atomic E-state index is -0.190. The summed E-state index contributed by atoms with van der Waals surface area (Å²) in [5, 5.41) is 4.87. The Hall–Kier alpha value is -2.79. The van der Waals surface area contributed by atoms with Gasteiger partial charge >= 0.3 is 0 Å². The zero-order chi connectivity index (χ0) is 16.8. The van der Waals surface area contributed by atoms with Crippen LogP contribution in [0.1, 0.15) is 15.2 Å². The second kappa shape index (κ2) is 7.66. The molecule has 0 aliphatic carbocycles. The normalized spacial score (nSPS) is 10.2. The Balaban J connectivity index is 1.63. The fraction of sp³-hybridized carbons (Fsp3) is 0.105. The first-order valence-electron chi connectivity index (χ1n) is 7.46. The van der Waals surface area contributed by atoms with Crippen LogP contribution in [0.2, 0.25) is 0 Å². The van der Waals surface area contributed by atoms with E-state index in [0.29, 0.717) is 23.6 Å². The van der Waals surface area contributed by atoms with E-state index >= 15 is 0 Å². The van der Waals surface area contributed by atoms with Crippen LogP contribution in [-0.4, -0.2) is 13.0 Å². The van der Waals surface area contributed by atoms with Crippen molar-refractivity contribution in [1.82, 2.24) is 0 Å². The number of nitrogens with one attached hydrogen (secondary N) is 1. The fourth-order valence-electron chi connectivity index (χ4n) is 2.19. The van der Waals surface area contributed by atoms with Crippen molar-refractivity contribution in [1.29, 1.82) is 0 Å². The molecule has 4 nitrogen and oxygen atoms in total. The summed E-state index contributed by atoms with van der Waals surface area (Å²) in [5.74, 6) is 1.17. The largest absolute Gasteiger partial charge is 0.495 e. The van der Waals surface area contributed by atoms with Crippen LogP contribution in [0.15, 0.2) is 66.0 Å². The van der Waals surface area contributed by atoms with Crippen LogP contribution in [0.3, 0.4) is 0 Å². The van der Waals surface area contributed by atoms with E-state index in [1.54, 1.807) is 54.8 Å². The van der Waals surface area contributed by atoms with Crippen LogP contribution in [0.4, 0.5) is 5.69 Å². The first-order valence-corrected chi connectivity index (χ1v) is 8.34. The number of para-hydroxylation sites is 2. The van der Waals surface area contributed by atoms with Crippen LogP contribution >= 0.6 is 11.3 Å². The molecule has 0 bridgehead atoms. The molecule has 1 aromatic heterocycles. The number of carbonyl (C=O) groups is 1. The second-order valence-electron chi connectivity index (χ2n) is 5.05. The smallest absolute Gasteiger partial charge is 0.255 e. The lowest BCUT2D eigenvalue weighted by molar-refractivity contribution is 0.102. The summed E-state index contributed by atoms with van der Waals surface area (Å²) in [7, 11) is 1.57. The third kappa shape index (κ3) is 3.94. The van der Waals surface area contributed by atoms with Crippen molar-refractivity contribution >= 4 is 22.9 Å². The predicted octanol–water partition coefficient (Wildman–Crippen LogP) is 4.59. The summed E-state index contributed by atoms with van der Waals surface area (Å²) >= 11 is 1.65. The summed E-state index contributed by atoms with van der Waals surface area (Å²) < 4.78 is 10.9. The van der Waals surface area contributed by atoms with Gasteiger partial charge in [0.05, 0.1) is 12.8 Å². The van der Waals surface area contributed by atoms with Crippen LogP contribution < -0.4 is 14.8 Å². The van der Waals surface area contributed by atoms with Gasteiger partial charge in [-0.15, -0.1) is 11.3 Å². The molecule has 1 amide bonds. The van der Waals surface area contributed by atoms with E-state index in [9.17, 15) is 4.79 Å². The summed E-state index contributed by atoms with van der Waals surface area (Å²) in [6.45, 7) is 0.532. The number of rotatable bonds is 6. The van der Waals surface area contributed by atoms with E-state index in [-0.39, 0.29) is 5.91 Å². The van der Waals surface area contributed by atoms with Gasteiger partial charge in [-0.3, -0.25) is 4.79 Å². The number of benzene rings is 2. The summed E-state index contributed by atoms with van der Waals surface area (Å²) in [6, 6.07) is 18.4. The Bertz CT molecular complexity index is 798. The first-order chi connectivity index (χ1) is 11.8. The Kier molecular flexibility index (Phi) is 5.13. The standard InChI is InChI=1S/C19H17NO3S/c1-22-18-7-3-2-6-17(18)20-19(21)14-8-10-15(11-9-14)23-13-16-5-4-12-24-16/h2-12H,13H2,1H3,(H,20,21). The van der Waals surface area contributed by atoms with Gasteiger partial charge in [-0.2, -0.15) is 0 Å². The third-order valence-electron chi connectivity index (χ3n) is 3.43. The van der Waals surface area contributed by atoms with E-state index in [0.717, 1.165) is 10.6 Å². The van der Waals surface area contributed by atoms with Crippen LogP contribution in [0.5, 0.6) is 11.5 Å². The van der Waals surface area contributed by atoms with E-state index in [4.69, 9.17) is 9.47 Å². The van der Waals surface area contributed by atoms with Crippen molar-refractivity contribution in [3.8, 4) is 11.5 Å². The van der Waals surface area contributed by atoms with Gasteiger partial charge in [0.2, 0.25) is 0 Å². The molecule has 0 unspecified atom stereocenters. The molecule has 0 aliphatic heterocycles. The lowest BCUT2D eigenvalue weighted by Gasteiger charge is -2.10.